The molecule has 1 fully saturated rings. The Labute approximate surface area is 183 Å². The Morgan fingerprint density at radius 2 is 1.84 bits per heavy atom. The lowest BCUT2D eigenvalue weighted by Crippen LogP contribution is -2.49. The van der Waals surface area contributed by atoms with Crippen LogP contribution in [0.2, 0.25) is 0 Å². The molecule has 6 heteroatoms. The number of likely N-dealkylation sites (tertiary alicyclic amines) is 1. The summed E-state index contributed by atoms with van der Waals surface area (Å²) in [7, 11) is 0. The van der Waals surface area contributed by atoms with Gasteiger partial charge in [0.25, 0.3) is 11.5 Å². The maximum Gasteiger partial charge on any atom is 0.253 e. The predicted molar refractivity (Wildman–Crippen MR) is 123 cm³/mol. The second-order valence-corrected chi connectivity index (χ2v) is 9.56. The fourth-order valence-corrected chi connectivity index (χ4v) is 6.28. The van der Waals surface area contributed by atoms with Gasteiger partial charge in [0.05, 0.1) is 0 Å². The highest BCUT2D eigenvalue weighted by molar-refractivity contribution is 7.22. The normalized spacial score (nSPS) is 19.9. The molecule has 0 saturated carbocycles. The van der Waals surface area contributed by atoms with Crippen LogP contribution in [0.25, 0.3) is 20.5 Å². The van der Waals surface area contributed by atoms with Crippen LogP contribution in [0.4, 0.5) is 0 Å². The molecule has 1 saturated heterocycles. The molecule has 2 aliphatic rings. The number of fused-ring (bicyclic) bond motifs is 5. The summed E-state index contributed by atoms with van der Waals surface area (Å²) in [4.78, 5) is 33.0. The molecule has 2 atom stereocenters. The summed E-state index contributed by atoms with van der Waals surface area (Å²) < 4.78 is 3.21. The third-order valence-electron chi connectivity index (χ3n) is 6.50. The number of carbonyl (C=O) groups excluding carboxylic acids is 1. The Morgan fingerprint density at radius 1 is 1.00 bits per heavy atom. The van der Waals surface area contributed by atoms with Gasteiger partial charge in [0.1, 0.15) is 0 Å². The van der Waals surface area contributed by atoms with E-state index in [0.717, 1.165) is 17.7 Å². The van der Waals surface area contributed by atoms with Gasteiger partial charge >= 0.3 is 0 Å². The van der Waals surface area contributed by atoms with Crippen LogP contribution in [0.1, 0.15) is 28.4 Å². The summed E-state index contributed by atoms with van der Waals surface area (Å²) in [6.07, 6.45) is 4.33. The number of rotatable bonds is 2. The number of carbonyl (C=O) groups is 1. The molecule has 0 N–H and O–H groups in total. The second-order valence-electron chi connectivity index (χ2n) is 8.47. The molecule has 3 aromatic heterocycles. The Bertz CT molecular complexity index is 1330. The van der Waals surface area contributed by atoms with Gasteiger partial charge in [0.2, 0.25) is 0 Å². The van der Waals surface area contributed by atoms with Gasteiger partial charge in [-0.1, -0.05) is 18.2 Å². The molecule has 0 spiro atoms. The quantitative estimate of drug-likeness (QED) is 0.477. The van der Waals surface area contributed by atoms with Crippen molar-refractivity contribution in [3.05, 3.63) is 88.6 Å². The number of amides is 1. The van der Waals surface area contributed by atoms with Crippen molar-refractivity contribution >= 4 is 27.3 Å². The zero-order chi connectivity index (χ0) is 20.9. The van der Waals surface area contributed by atoms with Gasteiger partial charge in [-0.25, -0.2) is 0 Å². The van der Waals surface area contributed by atoms with Crippen molar-refractivity contribution in [3.63, 3.8) is 0 Å². The van der Waals surface area contributed by atoms with Crippen molar-refractivity contribution in [2.24, 2.45) is 5.92 Å². The summed E-state index contributed by atoms with van der Waals surface area (Å²) in [6, 6.07) is 17.8. The van der Waals surface area contributed by atoms with Gasteiger partial charge in [-0.05, 0) is 48.1 Å². The van der Waals surface area contributed by atoms with Crippen LogP contribution in [0.5, 0.6) is 0 Å². The van der Waals surface area contributed by atoms with Crippen LogP contribution < -0.4 is 5.56 Å². The number of pyridine rings is 2. The lowest BCUT2D eigenvalue weighted by atomic mass is 9.81. The number of benzene rings is 1. The first kappa shape index (κ1) is 18.5. The van der Waals surface area contributed by atoms with E-state index in [0.29, 0.717) is 31.1 Å². The van der Waals surface area contributed by atoms with Crippen LogP contribution in [0.3, 0.4) is 0 Å². The smallest absolute Gasteiger partial charge is 0.253 e. The summed E-state index contributed by atoms with van der Waals surface area (Å²) in [5.41, 5.74) is 2.94. The second kappa shape index (κ2) is 7.17. The van der Waals surface area contributed by atoms with Crippen LogP contribution in [-0.4, -0.2) is 33.4 Å². The number of nitrogens with zero attached hydrogens (tertiary/aromatic N) is 3. The molecule has 0 radical (unpaired) electrons. The fraction of sp³-hybridized carbons (Fsp3) is 0.240. The lowest BCUT2D eigenvalue weighted by Gasteiger charge is -2.43. The van der Waals surface area contributed by atoms with Crippen molar-refractivity contribution in [1.82, 2.24) is 14.5 Å². The fourth-order valence-electron chi connectivity index (χ4n) is 5.18. The Balaban J connectivity index is 1.43. The minimum atomic E-state index is 0.0484. The van der Waals surface area contributed by atoms with E-state index >= 15 is 0 Å². The molecule has 31 heavy (non-hydrogen) atoms. The average molecular weight is 428 g/mol. The molecular formula is C25H21N3O2S. The summed E-state index contributed by atoms with van der Waals surface area (Å²) in [5.74, 6) is 0.507. The molecule has 2 bridgehead atoms. The van der Waals surface area contributed by atoms with E-state index in [-0.39, 0.29) is 17.4 Å². The number of thiophene rings is 1. The van der Waals surface area contributed by atoms with Crippen molar-refractivity contribution in [2.75, 3.05) is 13.1 Å². The minimum Gasteiger partial charge on any atom is -0.338 e. The summed E-state index contributed by atoms with van der Waals surface area (Å²) in [5, 5.41) is 1.22. The SMILES string of the molecule is O=C(c1ccncc1)N1C[C@@H]2C[C@@H](C1)c1c(-c3cc4ccccc4s3)ccc(=O)n1C2. The zero-order valence-corrected chi connectivity index (χ0v) is 17.7. The molecule has 0 aliphatic carbocycles. The van der Waals surface area contributed by atoms with Crippen LogP contribution in [-0.2, 0) is 6.54 Å². The van der Waals surface area contributed by atoms with E-state index in [1.54, 1.807) is 41.9 Å². The first-order valence-corrected chi connectivity index (χ1v) is 11.4. The average Bonchev–Trinajstić information content (AvgIpc) is 3.24. The summed E-state index contributed by atoms with van der Waals surface area (Å²) in [6.45, 7) is 2.00. The molecule has 1 aromatic carbocycles. The molecule has 6 rings (SSSR count). The Hall–Kier alpha value is -3.25. The Morgan fingerprint density at radius 3 is 2.68 bits per heavy atom. The van der Waals surface area contributed by atoms with Gasteiger partial charge in [0, 0.05) is 70.4 Å². The van der Waals surface area contributed by atoms with Gasteiger partial charge in [-0.2, -0.15) is 0 Å². The van der Waals surface area contributed by atoms with Gasteiger partial charge in [-0.3, -0.25) is 14.6 Å². The molecule has 5 heterocycles. The highest BCUT2D eigenvalue weighted by Gasteiger charge is 2.38. The van der Waals surface area contributed by atoms with E-state index in [1.807, 2.05) is 15.5 Å². The maximum atomic E-state index is 13.1. The molecule has 154 valence electrons. The first-order chi connectivity index (χ1) is 15.2. The number of piperidine rings is 1. The topological polar surface area (TPSA) is 55.2 Å². The third-order valence-corrected chi connectivity index (χ3v) is 7.64. The van der Waals surface area contributed by atoms with Crippen LogP contribution in [0.15, 0.2) is 71.8 Å². The molecule has 4 aromatic rings. The van der Waals surface area contributed by atoms with Gasteiger partial charge in [0.15, 0.2) is 0 Å². The van der Waals surface area contributed by atoms with E-state index in [9.17, 15) is 9.59 Å². The molecular weight excluding hydrogens is 406 g/mol. The van der Waals surface area contributed by atoms with E-state index in [2.05, 4.69) is 35.3 Å². The highest BCUT2D eigenvalue weighted by atomic mass is 32.1. The third kappa shape index (κ3) is 3.10. The van der Waals surface area contributed by atoms with Crippen molar-refractivity contribution in [2.45, 2.75) is 18.9 Å². The molecule has 2 aliphatic heterocycles. The standard InChI is InChI=1S/C25H21N3O2S/c29-23-6-5-20(22-12-18-3-1-2-4-21(18)31-22)24-19-11-16(14-28(23)24)13-27(15-19)25(30)17-7-9-26-10-8-17/h1-10,12,16,19H,11,13-15H2/t16-,19-/m0/s1. The summed E-state index contributed by atoms with van der Waals surface area (Å²) >= 11 is 1.76. The van der Waals surface area contributed by atoms with Crippen molar-refractivity contribution in [1.29, 1.82) is 0 Å². The van der Waals surface area contributed by atoms with Crippen molar-refractivity contribution in [3.8, 4) is 10.4 Å². The van der Waals surface area contributed by atoms with Gasteiger partial charge < -0.3 is 9.47 Å². The number of hydrogen-bond acceptors (Lipinski definition) is 4. The highest BCUT2D eigenvalue weighted by Crippen LogP contribution is 2.42. The van der Waals surface area contributed by atoms with Gasteiger partial charge in [-0.15, -0.1) is 11.3 Å². The first-order valence-electron chi connectivity index (χ1n) is 10.6. The maximum absolute atomic E-state index is 13.1. The lowest BCUT2D eigenvalue weighted by molar-refractivity contribution is 0.0595. The largest absolute Gasteiger partial charge is 0.338 e. The number of hydrogen-bond donors (Lipinski definition) is 0. The Kier molecular flexibility index (Phi) is 4.28. The zero-order valence-electron chi connectivity index (χ0n) is 16.9. The monoisotopic (exact) mass is 427 g/mol. The molecule has 0 unspecified atom stereocenters. The van der Waals surface area contributed by atoms with E-state index in [4.69, 9.17) is 0 Å². The van der Waals surface area contributed by atoms with E-state index < -0.39 is 0 Å². The van der Waals surface area contributed by atoms with Crippen LogP contribution >= 0.6 is 11.3 Å². The van der Waals surface area contributed by atoms with Crippen LogP contribution in [0, 0.1) is 5.92 Å². The minimum absolute atomic E-state index is 0.0484. The van der Waals surface area contributed by atoms with Crippen molar-refractivity contribution < 1.29 is 4.79 Å². The number of aromatic nitrogens is 2. The molecule has 1 amide bonds. The predicted octanol–water partition coefficient (Wildman–Crippen LogP) is 4.38. The molecule has 5 nitrogen and oxygen atoms in total. The van der Waals surface area contributed by atoms with E-state index in [1.165, 1.54) is 15.0 Å².